The lowest BCUT2D eigenvalue weighted by Gasteiger charge is -2.30. The van der Waals surface area contributed by atoms with Crippen molar-refractivity contribution in [3.8, 4) is 5.75 Å². The molecule has 1 amide bonds. The first-order valence-corrected chi connectivity index (χ1v) is 12.0. The van der Waals surface area contributed by atoms with Gasteiger partial charge >= 0.3 is 0 Å². The summed E-state index contributed by atoms with van der Waals surface area (Å²) >= 11 is 0. The molecule has 0 aromatic heterocycles. The van der Waals surface area contributed by atoms with Crippen LogP contribution < -0.4 is 4.74 Å². The number of halogens is 1. The summed E-state index contributed by atoms with van der Waals surface area (Å²) in [5.41, 5.74) is 0.00359. The fraction of sp³-hybridized carbons (Fsp3) is 0.304. The molecule has 2 heterocycles. The highest BCUT2D eigenvalue weighted by Gasteiger charge is 2.51. The Morgan fingerprint density at radius 3 is 2.44 bits per heavy atom. The van der Waals surface area contributed by atoms with E-state index in [1.807, 2.05) is 6.92 Å². The second kappa shape index (κ2) is 8.38. The summed E-state index contributed by atoms with van der Waals surface area (Å²) in [6, 6.07) is 9.90. The first kappa shape index (κ1) is 22.0. The fourth-order valence-corrected chi connectivity index (χ4v) is 5.97. The predicted molar refractivity (Wildman–Crippen MR) is 115 cm³/mol. The van der Waals surface area contributed by atoms with Crippen molar-refractivity contribution < 1.29 is 32.2 Å². The Morgan fingerprint density at radius 1 is 1.16 bits per heavy atom. The van der Waals surface area contributed by atoms with Gasteiger partial charge in [-0.1, -0.05) is 18.2 Å². The van der Waals surface area contributed by atoms with Gasteiger partial charge < -0.3 is 14.7 Å². The maximum absolute atomic E-state index is 14.8. The number of aliphatic hydroxyl groups is 1. The van der Waals surface area contributed by atoms with Gasteiger partial charge in [-0.2, -0.15) is 0 Å². The standard InChI is InChI=1S/C23H22FNO6S/c1-2-31-16-9-7-14(8-10-16)21(26)19-20(17-5-3-4-6-18(17)24)25(23(28)22(19)27)15-11-12-32(29,30)13-15/h3-10,15,20,26H,2,11-13H2,1H3/t15-,20+/m0/s1. The van der Waals surface area contributed by atoms with Crippen molar-refractivity contribution in [2.75, 3.05) is 18.1 Å². The van der Waals surface area contributed by atoms with Crippen molar-refractivity contribution in [1.29, 1.82) is 0 Å². The number of carbonyl (C=O) groups is 2. The molecule has 2 aromatic carbocycles. The fourth-order valence-electron chi connectivity index (χ4n) is 4.25. The van der Waals surface area contributed by atoms with Crippen molar-refractivity contribution in [3.63, 3.8) is 0 Å². The van der Waals surface area contributed by atoms with Crippen LogP contribution in [0.1, 0.15) is 30.5 Å². The first-order chi connectivity index (χ1) is 15.2. The number of ether oxygens (including phenoxy) is 1. The summed E-state index contributed by atoms with van der Waals surface area (Å²) in [5, 5.41) is 11.0. The molecule has 1 N–H and O–H groups in total. The summed E-state index contributed by atoms with van der Waals surface area (Å²) < 4.78 is 44.3. The van der Waals surface area contributed by atoms with Crippen molar-refractivity contribution in [2.24, 2.45) is 0 Å². The third kappa shape index (κ3) is 3.88. The lowest BCUT2D eigenvalue weighted by atomic mass is 9.94. The zero-order valence-corrected chi connectivity index (χ0v) is 18.1. The molecule has 2 aliphatic rings. The lowest BCUT2D eigenvalue weighted by Crippen LogP contribution is -2.40. The lowest BCUT2D eigenvalue weighted by molar-refractivity contribution is -0.141. The Hall–Kier alpha value is -3.20. The predicted octanol–water partition coefficient (Wildman–Crippen LogP) is 2.83. The summed E-state index contributed by atoms with van der Waals surface area (Å²) in [6.45, 7) is 2.28. The van der Waals surface area contributed by atoms with Gasteiger partial charge in [-0.3, -0.25) is 9.59 Å². The van der Waals surface area contributed by atoms with Gasteiger partial charge in [-0.15, -0.1) is 0 Å². The van der Waals surface area contributed by atoms with Crippen LogP contribution in [0.5, 0.6) is 5.75 Å². The summed E-state index contributed by atoms with van der Waals surface area (Å²) in [6.07, 6.45) is 0.142. The minimum Gasteiger partial charge on any atom is -0.507 e. The number of likely N-dealkylation sites (tertiary alicyclic amines) is 1. The smallest absolute Gasteiger partial charge is 0.295 e. The quantitative estimate of drug-likeness (QED) is 0.419. The van der Waals surface area contributed by atoms with E-state index in [-0.39, 0.29) is 34.6 Å². The number of sulfone groups is 1. The van der Waals surface area contributed by atoms with E-state index in [1.165, 1.54) is 30.3 Å². The second-order valence-electron chi connectivity index (χ2n) is 7.74. The van der Waals surface area contributed by atoms with Gasteiger partial charge in [0.05, 0.1) is 29.7 Å². The molecule has 0 saturated carbocycles. The zero-order chi connectivity index (χ0) is 23.0. The molecular weight excluding hydrogens is 437 g/mol. The minimum absolute atomic E-state index is 0.0171. The molecule has 0 unspecified atom stereocenters. The van der Waals surface area contributed by atoms with Crippen LogP contribution in [0.3, 0.4) is 0 Å². The maximum Gasteiger partial charge on any atom is 0.295 e. The minimum atomic E-state index is -3.38. The Bertz CT molecular complexity index is 1210. The van der Waals surface area contributed by atoms with E-state index in [1.54, 1.807) is 18.2 Å². The molecule has 0 bridgehead atoms. The summed E-state index contributed by atoms with van der Waals surface area (Å²) in [7, 11) is -3.38. The molecular formula is C23H22FNO6S. The number of amides is 1. The molecule has 0 aliphatic carbocycles. The number of rotatable bonds is 5. The molecule has 0 radical (unpaired) electrons. The highest BCUT2D eigenvalue weighted by Crippen LogP contribution is 2.43. The van der Waals surface area contributed by atoms with Crippen LogP contribution in [0, 0.1) is 5.82 Å². The highest BCUT2D eigenvalue weighted by molar-refractivity contribution is 7.91. The van der Waals surface area contributed by atoms with Crippen LogP contribution in [0.15, 0.2) is 54.1 Å². The van der Waals surface area contributed by atoms with Gasteiger partial charge in [0.2, 0.25) is 0 Å². The van der Waals surface area contributed by atoms with E-state index < -0.39 is 45.2 Å². The normalized spacial score (nSPS) is 24.1. The van der Waals surface area contributed by atoms with Crippen LogP contribution in [0.4, 0.5) is 4.39 Å². The average molecular weight is 459 g/mol. The molecule has 4 rings (SSSR count). The second-order valence-corrected chi connectivity index (χ2v) is 9.97. The van der Waals surface area contributed by atoms with Crippen molar-refractivity contribution in [2.45, 2.75) is 25.4 Å². The Kier molecular flexibility index (Phi) is 5.77. The molecule has 32 heavy (non-hydrogen) atoms. The van der Waals surface area contributed by atoms with Crippen LogP contribution in [-0.2, 0) is 19.4 Å². The van der Waals surface area contributed by atoms with E-state index in [4.69, 9.17) is 4.74 Å². The number of hydrogen-bond donors (Lipinski definition) is 1. The summed E-state index contributed by atoms with van der Waals surface area (Å²) in [4.78, 5) is 27.1. The SMILES string of the molecule is CCOc1ccc(C(O)=C2C(=O)C(=O)N([C@H]3CCS(=O)(=O)C3)[C@@H]2c2ccccc2F)cc1. The molecule has 168 valence electrons. The largest absolute Gasteiger partial charge is 0.507 e. The number of aliphatic hydroxyl groups excluding tert-OH is 1. The molecule has 2 atom stereocenters. The van der Waals surface area contributed by atoms with Crippen molar-refractivity contribution in [1.82, 2.24) is 4.90 Å². The number of nitrogens with zero attached hydrogens (tertiary/aromatic N) is 1. The van der Waals surface area contributed by atoms with Crippen LogP contribution >= 0.6 is 0 Å². The molecule has 7 nitrogen and oxygen atoms in total. The van der Waals surface area contributed by atoms with Gasteiger partial charge in [-0.05, 0) is 43.7 Å². The molecule has 9 heteroatoms. The zero-order valence-electron chi connectivity index (χ0n) is 17.3. The third-order valence-electron chi connectivity index (χ3n) is 5.72. The number of ketones is 1. The van der Waals surface area contributed by atoms with Gasteiger partial charge in [0, 0.05) is 17.2 Å². The Labute approximate surface area is 185 Å². The Balaban J connectivity index is 1.86. The van der Waals surface area contributed by atoms with Crippen LogP contribution in [-0.4, -0.2) is 54.3 Å². The molecule has 2 aliphatic heterocycles. The van der Waals surface area contributed by atoms with Crippen molar-refractivity contribution >= 4 is 27.3 Å². The van der Waals surface area contributed by atoms with Gasteiger partial charge in [-0.25, -0.2) is 12.8 Å². The van der Waals surface area contributed by atoms with E-state index in [9.17, 15) is 27.5 Å². The molecule has 0 spiro atoms. The summed E-state index contributed by atoms with van der Waals surface area (Å²) in [5.74, 6) is -2.92. The molecule has 2 fully saturated rings. The monoisotopic (exact) mass is 459 g/mol. The molecule has 2 saturated heterocycles. The average Bonchev–Trinajstić information content (AvgIpc) is 3.25. The Morgan fingerprint density at radius 2 is 1.84 bits per heavy atom. The topological polar surface area (TPSA) is 101 Å². The van der Waals surface area contributed by atoms with Crippen molar-refractivity contribution in [3.05, 3.63) is 71.0 Å². The van der Waals surface area contributed by atoms with Gasteiger partial charge in [0.25, 0.3) is 11.7 Å². The first-order valence-electron chi connectivity index (χ1n) is 10.2. The van der Waals surface area contributed by atoms with E-state index in [0.29, 0.717) is 12.4 Å². The van der Waals surface area contributed by atoms with Gasteiger partial charge in [0.1, 0.15) is 17.3 Å². The van der Waals surface area contributed by atoms with E-state index in [2.05, 4.69) is 0 Å². The molecule has 2 aromatic rings. The number of hydrogen-bond acceptors (Lipinski definition) is 6. The maximum atomic E-state index is 14.8. The number of benzene rings is 2. The number of Topliss-reactive ketones (excluding diaryl/α,β-unsaturated/α-hetero) is 1. The van der Waals surface area contributed by atoms with Crippen LogP contribution in [0.2, 0.25) is 0 Å². The van der Waals surface area contributed by atoms with Crippen LogP contribution in [0.25, 0.3) is 5.76 Å². The van der Waals surface area contributed by atoms with Gasteiger partial charge in [0.15, 0.2) is 9.84 Å². The van der Waals surface area contributed by atoms with E-state index >= 15 is 0 Å². The number of carbonyl (C=O) groups excluding carboxylic acids is 2. The third-order valence-corrected chi connectivity index (χ3v) is 7.47. The van der Waals surface area contributed by atoms with E-state index in [0.717, 1.165) is 4.90 Å². The highest BCUT2D eigenvalue weighted by atomic mass is 32.2.